The summed E-state index contributed by atoms with van der Waals surface area (Å²) < 4.78 is 22.8. The van der Waals surface area contributed by atoms with Crippen LogP contribution < -0.4 is 9.47 Å². The lowest BCUT2D eigenvalue weighted by Crippen LogP contribution is -2.46. The Labute approximate surface area is 139 Å². The minimum Gasteiger partial charge on any atom is -0.493 e. The van der Waals surface area contributed by atoms with Crippen LogP contribution in [0.5, 0.6) is 11.5 Å². The van der Waals surface area contributed by atoms with Crippen molar-refractivity contribution in [1.82, 2.24) is 0 Å². The summed E-state index contributed by atoms with van der Waals surface area (Å²) >= 11 is 0. The van der Waals surface area contributed by atoms with Crippen molar-refractivity contribution in [1.29, 1.82) is 0 Å². The van der Waals surface area contributed by atoms with E-state index in [0.717, 1.165) is 56.3 Å². The van der Waals surface area contributed by atoms with Gasteiger partial charge in [0.1, 0.15) is 11.5 Å². The summed E-state index contributed by atoms with van der Waals surface area (Å²) in [5.74, 6) is 1.77. The standard InChI is InChI=1S/C19H28O4/c1-4-18(9-20-10-18)13-22-16-6-15(3)7-17(8-16)23-14-19(5-2)11-21-12-19/h6-8H,4-5,9-14H2,1-3H3. The molecule has 4 nitrogen and oxygen atoms in total. The van der Waals surface area contributed by atoms with Crippen molar-refractivity contribution < 1.29 is 18.9 Å². The number of rotatable bonds is 8. The maximum Gasteiger partial charge on any atom is 0.123 e. The molecule has 2 fully saturated rings. The van der Waals surface area contributed by atoms with Gasteiger partial charge in [0, 0.05) is 6.07 Å². The molecule has 2 aliphatic heterocycles. The van der Waals surface area contributed by atoms with Crippen molar-refractivity contribution in [2.45, 2.75) is 33.6 Å². The van der Waals surface area contributed by atoms with Gasteiger partial charge in [-0.25, -0.2) is 0 Å². The molecule has 2 saturated heterocycles. The van der Waals surface area contributed by atoms with E-state index < -0.39 is 0 Å². The smallest absolute Gasteiger partial charge is 0.123 e. The van der Waals surface area contributed by atoms with Crippen molar-refractivity contribution in [3.8, 4) is 11.5 Å². The van der Waals surface area contributed by atoms with Crippen LogP contribution in [0.2, 0.25) is 0 Å². The lowest BCUT2D eigenvalue weighted by Gasteiger charge is -2.40. The Morgan fingerprint density at radius 2 is 1.26 bits per heavy atom. The van der Waals surface area contributed by atoms with Crippen LogP contribution in [0.3, 0.4) is 0 Å². The summed E-state index contributed by atoms with van der Waals surface area (Å²) in [7, 11) is 0. The lowest BCUT2D eigenvalue weighted by atomic mass is 9.84. The van der Waals surface area contributed by atoms with E-state index >= 15 is 0 Å². The highest BCUT2D eigenvalue weighted by atomic mass is 16.5. The largest absolute Gasteiger partial charge is 0.493 e. The fourth-order valence-electron chi connectivity index (χ4n) is 2.91. The molecule has 0 bridgehead atoms. The zero-order valence-corrected chi connectivity index (χ0v) is 14.5. The normalized spacial score (nSPS) is 21.2. The molecule has 0 aromatic heterocycles. The van der Waals surface area contributed by atoms with E-state index in [1.807, 2.05) is 6.07 Å². The maximum atomic E-state index is 6.04. The third kappa shape index (κ3) is 3.64. The third-order valence-electron chi connectivity index (χ3n) is 5.25. The highest BCUT2D eigenvalue weighted by Crippen LogP contribution is 2.34. The lowest BCUT2D eigenvalue weighted by molar-refractivity contribution is -0.134. The molecule has 1 aromatic rings. The molecular formula is C19H28O4. The molecule has 0 amide bonds. The second kappa shape index (κ2) is 6.70. The number of hydrogen-bond acceptors (Lipinski definition) is 4. The summed E-state index contributed by atoms with van der Waals surface area (Å²) in [6, 6.07) is 6.13. The predicted octanol–water partition coefficient (Wildman–Crippen LogP) is 3.61. The van der Waals surface area contributed by atoms with E-state index in [1.165, 1.54) is 0 Å². The summed E-state index contributed by atoms with van der Waals surface area (Å²) in [6.07, 6.45) is 2.17. The molecule has 2 heterocycles. The molecule has 1 aromatic carbocycles. The summed E-state index contributed by atoms with van der Waals surface area (Å²) in [4.78, 5) is 0. The average Bonchev–Trinajstić information content (AvgIpc) is 2.45. The van der Waals surface area contributed by atoms with Crippen LogP contribution in [0.25, 0.3) is 0 Å². The first kappa shape index (κ1) is 16.6. The average molecular weight is 320 g/mol. The van der Waals surface area contributed by atoms with Gasteiger partial charge in [0.2, 0.25) is 0 Å². The Bertz CT molecular complexity index is 477. The Morgan fingerprint density at radius 1 is 0.826 bits per heavy atom. The molecular weight excluding hydrogens is 292 g/mol. The van der Waals surface area contributed by atoms with Gasteiger partial charge in [-0.3, -0.25) is 0 Å². The highest BCUT2D eigenvalue weighted by Gasteiger charge is 2.38. The molecule has 2 aliphatic rings. The highest BCUT2D eigenvalue weighted by molar-refractivity contribution is 5.38. The van der Waals surface area contributed by atoms with Crippen LogP contribution in [0.1, 0.15) is 32.3 Å². The quantitative estimate of drug-likeness (QED) is 0.733. The van der Waals surface area contributed by atoms with E-state index in [-0.39, 0.29) is 10.8 Å². The van der Waals surface area contributed by atoms with E-state index in [4.69, 9.17) is 18.9 Å². The second-order valence-electron chi connectivity index (χ2n) is 7.25. The van der Waals surface area contributed by atoms with Crippen molar-refractivity contribution in [2.24, 2.45) is 10.8 Å². The number of hydrogen-bond donors (Lipinski definition) is 0. The van der Waals surface area contributed by atoms with E-state index in [9.17, 15) is 0 Å². The first-order valence-electron chi connectivity index (χ1n) is 8.61. The molecule has 0 spiro atoms. The van der Waals surface area contributed by atoms with Crippen LogP contribution in [0.4, 0.5) is 0 Å². The molecule has 3 rings (SSSR count). The summed E-state index contributed by atoms with van der Waals surface area (Å²) in [6.45, 7) is 11.1. The molecule has 4 heteroatoms. The molecule has 128 valence electrons. The summed E-state index contributed by atoms with van der Waals surface area (Å²) in [5.41, 5.74) is 1.55. The van der Waals surface area contributed by atoms with Crippen LogP contribution in [-0.4, -0.2) is 39.6 Å². The topological polar surface area (TPSA) is 36.9 Å². The van der Waals surface area contributed by atoms with Crippen molar-refractivity contribution in [3.05, 3.63) is 23.8 Å². The summed E-state index contributed by atoms with van der Waals surface area (Å²) in [5, 5.41) is 0. The Kier molecular flexibility index (Phi) is 4.83. The van der Waals surface area contributed by atoms with E-state index in [1.54, 1.807) is 0 Å². The number of benzene rings is 1. The Hall–Kier alpha value is -1.26. The second-order valence-corrected chi connectivity index (χ2v) is 7.25. The molecule has 0 aliphatic carbocycles. The number of ether oxygens (including phenoxy) is 4. The first-order valence-corrected chi connectivity index (χ1v) is 8.61. The van der Waals surface area contributed by atoms with Crippen LogP contribution in [0, 0.1) is 17.8 Å². The molecule has 0 saturated carbocycles. The molecule has 0 atom stereocenters. The van der Waals surface area contributed by atoms with Crippen molar-refractivity contribution in [3.63, 3.8) is 0 Å². The van der Waals surface area contributed by atoms with E-state index in [2.05, 4.69) is 32.9 Å². The molecule has 23 heavy (non-hydrogen) atoms. The van der Waals surface area contributed by atoms with Gasteiger partial charge in [-0.05, 0) is 37.5 Å². The molecule has 0 unspecified atom stereocenters. The van der Waals surface area contributed by atoms with Gasteiger partial charge in [-0.2, -0.15) is 0 Å². The molecule has 0 N–H and O–H groups in total. The van der Waals surface area contributed by atoms with E-state index in [0.29, 0.717) is 13.2 Å². The van der Waals surface area contributed by atoms with Crippen molar-refractivity contribution in [2.75, 3.05) is 39.6 Å². The van der Waals surface area contributed by atoms with Crippen LogP contribution in [-0.2, 0) is 9.47 Å². The van der Waals surface area contributed by atoms with Crippen molar-refractivity contribution >= 4 is 0 Å². The Balaban J connectivity index is 1.60. The van der Waals surface area contributed by atoms with Crippen LogP contribution >= 0.6 is 0 Å². The first-order chi connectivity index (χ1) is 11.1. The predicted molar refractivity (Wildman–Crippen MR) is 89.3 cm³/mol. The van der Waals surface area contributed by atoms with Gasteiger partial charge in [-0.15, -0.1) is 0 Å². The zero-order chi connectivity index (χ0) is 16.3. The van der Waals surface area contributed by atoms with Gasteiger partial charge in [0.15, 0.2) is 0 Å². The van der Waals surface area contributed by atoms with Crippen LogP contribution in [0.15, 0.2) is 18.2 Å². The SMILES string of the molecule is CCC1(COc2cc(C)cc(OCC3(CC)COC3)c2)COC1. The fraction of sp³-hybridized carbons (Fsp3) is 0.684. The van der Waals surface area contributed by atoms with Gasteiger partial charge < -0.3 is 18.9 Å². The minimum absolute atomic E-state index is 0.195. The van der Waals surface area contributed by atoms with Gasteiger partial charge in [-0.1, -0.05) is 13.8 Å². The minimum atomic E-state index is 0.195. The van der Waals surface area contributed by atoms with Gasteiger partial charge in [0.05, 0.1) is 50.5 Å². The van der Waals surface area contributed by atoms with Gasteiger partial charge in [0.25, 0.3) is 0 Å². The fourth-order valence-corrected chi connectivity index (χ4v) is 2.91. The monoisotopic (exact) mass is 320 g/mol. The Morgan fingerprint density at radius 3 is 1.57 bits per heavy atom. The maximum absolute atomic E-state index is 6.04. The zero-order valence-electron chi connectivity index (χ0n) is 14.5. The number of aryl methyl sites for hydroxylation is 1. The third-order valence-corrected chi connectivity index (χ3v) is 5.25. The van der Waals surface area contributed by atoms with Gasteiger partial charge >= 0.3 is 0 Å². The molecule has 0 radical (unpaired) electrons.